The van der Waals surface area contributed by atoms with Crippen molar-refractivity contribution in [2.24, 2.45) is 0 Å². The Morgan fingerprint density at radius 3 is 2.46 bits per heavy atom. The Balaban J connectivity index is 1.26. The van der Waals surface area contributed by atoms with Gasteiger partial charge in [-0.2, -0.15) is 12.7 Å². The first-order valence-corrected chi connectivity index (χ1v) is 13.3. The van der Waals surface area contributed by atoms with Crippen LogP contribution in [0.1, 0.15) is 27.9 Å². The van der Waals surface area contributed by atoms with Crippen LogP contribution in [0.25, 0.3) is 0 Å². The molecule has 0 radical (unpaired) electrons. The Kier molecular flexibility index (Phi) is 6.47. The van der Waals surface area contributed by atoms with Crippen molar-refractivity contribution in [1.82, 2.24) is 9.21 Å². The summed E-state index contributed by atoms with van der Waals surface area (Å²) >= 11 is 0. The monoisotopic (exact) mass is 501 g/mol. The summed E-state index contributed by atoms with van der Waals surface area (Å²) in [5, 5.41) is 0. The highest BCUT2D eigenvalue weighted by Gasteiger charge is 2.43. The summed E-state index contributed by atoms with van der Waals surface area (Å²) in [7, 11) is -2.08. The summed E-state index contributed by atoms with van der Waals surface area (Å²) in [6.07, 6.45) is 0.210. The van der Waals surface area contributed by atoms with Gasteiger partial charge >= 0.3 is 10.2 Å². The Hall–Kier alpha value is -2.66. The van der Waals surface area contributed by atoms with E-state index in [0.29, 0.717) is 43.2 Å². The molecule has 188 valence electrons. The van der Waals surface area contributed by atoms with Crippen molar-refractivity contribution in [3.05, 3.63) is 59.2 Å². The van der Waals surface area contributed by atoms with Crippen LogP contribution in [0.2, 0.25) is 0 Å². The Bertz CT molecular complexity index is 1200. The number of benzene rings is 2. The normalized spacial score (nSPS) is 26.3. The number of anilines is 1. The maximum absolute atomic E-state index is 13.2. The molecule has 4 saturated heterocycles. The van der Waals surface area contributed by atoms with Crippen molar-refractivity contribution in [2.75, 3.05) is 38.0 Å². The van der Waals surface area contributed by atoms with E-state index in [2.05, 4.69) is 4.72 Å². The average molecular weight is 502 g/mol. The van der Waals surface area contributed by atoms with Crippen molar-refractivity contribution >= 4 is 21.8 Å². The van der Waals surface area contributed by atoms with Gasteiger partial charge in [0.1, 0.15) is 18.0 Å². The number of ether oxygens (including phenoxy) is 3. The molecular formula is C25H31N3O6S. The van der Waals surface area contributed by atoms with E-state index >= 15 is 0 Å². The molecule has 4 fully saturated rings. The van der Waals surface area contributed by atoms with Gasteiger partial charge in [-0.3, -0.25) is 9.52 Å². The summed E-state index contributed by atoms with van der Waals surface area (Å²) in [5.74, 6) is 0.451. The van der Waals surface area contributed by atoms with Crippen LogP contribution in [0.3, 0.4) is 0 Å². The summed E-state index contributed by atoms with van der Waals surface area (Å²) in [5.41, 5.74) is 3.05. The van der Waals surface area contributed by atoms with E-state index in [9.17, 15) is 13.2 Å². The SMILES string of the molecule is COC1CN(C(=O)c2cc(C)ccc2C)CC1Oc1cccc(NS(=O)(=O)N2C[C@@H]3C[C@@H](C2)O3)c1. The van der Waals surface area contributed by atoms with E-state index in [0.717, 1.165) is 17.5 Å². The molecule has 4 atom stereocenters. The second kappa shape index (κ2) is 9.42. The first-order valence-electron chi connectivity index (χ1n) is 11.8. The number of amides is 1. The van der Waals surface area contributed by atoms with Crippen molar-refractivity contribution in [2.45, 2.75) is 44.7 Å². The van der Waals surface area contributed by atoms with Gasteiger partial charge in [0.05, 0.1) is 31.0 Å². The highest BCUT2D eigenvalue weighted by Crippen LogP contribution is 2.31. The number of aryl methyl sites for hydroxylation is 2. The van der Waals surface area contributed by atoms with E-state index < -0.39 is 10.2 Å². The molecule has 2 aromatic rings. The van der Waals surface area contributed by atoms with Crippen molar-refractivity contribution in [3.8, 4) is 5.75 Å². The molecule has 1 N–H and O–H groups in total. The van der Waals surface area contributed by atoms with Crippen molar-refractivity contribution < 1.29 is 27.4 Å². The minimum absolute atomic E-state index is 0.0115. The van der Waals surface area contributed by atoms with Gasteiger partial charge in [-0.15, -0.1) is 0 Å². The van der Waals surface area contributed by atoms with Crippen LogP contribution in [-0.4, -0.2) is 81.2 Å². The number of piperidine rings is 1. The molecule has 4 heterocycles. The molecule has 35 heavy (non-hydrogen) atoms. The molecule has 10 heteroatoms. The summed E-state index contributed by atoms with van der Waals surface area (Å²) in [6, 6.07) is 12.7. The van der Waals surface area contributed by atoms with Crippen LogP contribution in [0.15, 0.2) is 42.5 Å². The van der Waals surface area contributed by atoms with Crippen molar-refractivity contribution in [1.29, 1.82) is 0 Å². The number of carbonyl (C=O) groups is 1. The third-order valence-electron chi connectivity index (χ3n) is 6.86. The predicted molar refractivity (Wildman–Crippen MR) is 131 cm³/mol. The average Bonchev–Trinajstić information content (AvgIpc) is 3.22. The lowest BCUT2D eigenvalue weighted by molar-refractivity contribution is -0.164. The fraction of sp³-hybridized carbons (Fsp3) is 0.480. The van der Waals surface area contributed by atoms with Gasteiger partial charge in [0.25, 0.3) is 5.91 Å². The molecule has 0 spiro atoms. The lowest BCUT2D eigenvalue weighted by Crippen LogP contribution is -2.59. The quantitative estimate of drug-likeness (QED) is 0.626. The molecule has 0 aromatic heterocycles. The number of hydrogen-bond acceptors (Lipinski definition) is 6. The Labute approximate surface area is 206 Å². The van der Waals surface area contributed by atoms with E-state index in [1.54, 1.807) is 36.3 Å². The molecule has 0 aliphatic carbocycles. The Morgan fingerprint density at radius 1 is 1.03 bits per heavy atom. The number of fused-ring (bicyclic) bond motifs is 2. The van der Waals surface area contributed by atoms with E-state index in [1.807, 2.05) is 32.0 Å². The fourth-order valence-electron chi connectivity index (χ4n) is 4.92. The summed E-state index contributed by atoms with van der Waals surface area (Å²) in [6.45, 7) is 5.41. The smallest absolute Gasteiger partial charge is 0.301 e. The lowest BCUT2D eigenvalue weighted by Gasteiger charge is -2.46. The molecule has 1 amide bonds. The van der Waals surface area contributed by atoms with Crippen LogP contribution >= 0.6 is 0 Å². The third-order valence-corrected chi connectivity index (χ3v) is 8.33. The van der Waals surface area contributed by atoms with Gasteiger partial charge in [-0.25, -0.2) is 0 Å². The zero-order chi connectivity index (χ0) is 24.7. The number of likely N-dealkylation sites (tertiary alicyclic amines) is 1. The summed E-state index contributed by atoms with van der Waals surface area (Å²) < 4.78 is 47.1. The topological polar surface area (TPSA) is 97.4 Å². The number of hydrogen-bond donors (Lipinski definition) is 1. The number of morpholine rings is 1. The van der Waals surface area contributed by atoms with E-state index in [-0.39, 0.29) is 30.3 Å². The van der Waals surface area contributed by atoms with Crippen LogP contribution in [0.4, 0.5) is 5.69 Å². The zero-order valence-corrected chi connectivity index (χ0v) is 21.0. The fourth-order valence-corrected chi connectivity index (χ4v) is 6.20. The van der Waals surface area contributed by atoms with E-state index in [1.165, 1.54) is 4.31 Å². The molecule has 2 aromatic carbocycles. The van der Waals surface area contributed by atoms with Crippen LogP contribution < -0.4 is 9.46 Å². The first-order chi connectivity index (χ1) is 16.7. The second-order valence-electron chi connectivity index (χ2n) is 9.53. The summed E-state index contributed by atoms with van der Waals surface area (Å²) in [4.78, 5) is 14.9. The van der Waals surface area contributed by atoms with E-state index in [4.69, 9.17) is 14.2 Å². The molecule has 6 rings (SSSR count). The van der Waals surface area contributed by atoms with Gasteiger partial charge < -0.3 is 19.1 Å². The predicted octanol–water partition coefficient (Wildman–Crippen LogP) is 2.35. The number of methoxy groups -OCH3 is 1. The van der Waals surface area contributed by atoms with Gasteiger partial charge in [-0.05, 0) is 37.6 Å². The first kappa shape index (κ1) is 24.1. The molecule has 2 unspecified atom stereocenters. The van der Waals surface area contributed by atoms with Gasteiger partial charge in [0, 0.05) is 38.2 Å². The number of carbonyl (C=O) groups excluding carboxylic acids is 1. The van der Waals surface area contributed by atoms with Crippen LogP contribution in [0.5, 0.6) is 5.75 Å². The number of nitrogens with one attached hydrogen (secondary N) is 1. The largest absolute Gasteiger partial charge is 0.486 e. The van der Waals surface area contributed by atoms with Gasteiger partial charge in [-0.1, -0.05) is 23.8 Å². The number of nitrogens with zero attached hydrogens (tertiary/aromatic N) is 2. The van der Waals surface area contributed by atoms with Gasteiger partial charge in [0.15, 0.2) is 0 Å². The highest BCUT2D eigenvalue weighted by molar-refractivity contribution is 7.90. The lowest BCUT2D eigenvalue weighted by atomic mass is 10.0. The number of rotatable bonds is 7. The third kappa shape index (κ3) is 5.02. The molecule has 9 nitrogen and oxygen atoms in total. The van der Waals surface area contributed by atoms with Crippen LogP contribution in [0, 0.1) is 13.8 Å². The second-order valence-corrected chi connectivity index (χ2v) is 11.2. The van der Waals surface area contributed by atoms with Crippen LogP contribution in [-0.2, 0) is 19.7 Å². The standard InChI is InChI=1S/C25H31N3O6S/c1-16-7-8-17(2)22(9-16)25(29)27-14-23(32-3)24(15-27)34-19-6-4-5-18(10-19)26-35(30,31)28-12-20-11-21(13-28)33-20/h4-10,20-21,23-24,26H,11-15H2,1-3H3/t20-,21-,23?,24?/m0/s1. The maximum Gasteiger partial charge on any atom is 0.301 e. The molecular weight excluding hydrogens is 470 g/mol. The molecule has 4 aliphatic heterocycles. The molecule has 0 saturated carbocycles. The molecule has 2 bridgehead atoms. The van der Waals surface area contributed by atoms with Gasteiger partial charge in [0.2, 0.25) is 0 Å². The maximum atomic E-state index is 13.2. The highest BCUT2D eigenvalue weighted by atomic mass is 32.2. The Morgan fingerprint density at radius 2 is 1.74 bits per heavy atom. The zero-order valence-electron chi connectivity index (χ0n) is 20.1. The minimum atomic E-state index is -3.69. The molecule has 4 aliphatic rings. The van der Waals surface area contributed by atoms with Crippen molar-refractivity contribution in [3.63, 3.8) is 0 Å². The minimum Gasteiger partial charge on any atom is -0.486 e.